The van der Waals surface area contributed by atoms with Crippen molar-refractivity contribution in [1.29, 1.82) is 0 Å². The fourth-order valence-corrected chi connectivity index (χ4v) is 5.03. The number of nitrogens with zero attached hydrogens (tertiary/aromatic N) is 2. The van der Waals surface area contributed by atoms with E-state index in [2.05, 4.69) is 129 Å². The minimum Gasteiger partial charge on any atom is -0.243 e. The highest BCUT2D eigenvalue weighted by atomic mass is 79.9. The van der Waals surface area contributed by atoms with Crippen LogP contribution >= 0.6 is 31.9 Å². The van der Waals surface area contributed by atoms with E-state index in [-0.39, 0.29) is 0 Å². The van der Waals surface area contributed by atoms with Crippen LogP contribution in [0.25, 0.3) is 11.1 Å². The van der Waals surface area contributed by atoms with Crippen LogP contribution in [-0.4, -0.2) is 11.4 Å². The molecule has 4 aromatic carbocycles. The fraction of sp³-hybridized carbons (Fsp3) is 0.0370. The van der Waals surface area contributed by atoms with Gasteiger partial charge in [0.1, 0.15) is 0 Å². The summed E-state index contributed by atoms with van der Waals surface area (Å²) in [6.45, 7) is 0. The SMILES string of the molecule is Brc1ccc(C2=NC3(N=C2c2ccc(Br)cc2)c2ccccc2-c2ccccc23)cc1. The quantitative estimate of drug-likeness (QED) is 0.259. The predicted molar refractivity (Wildman–Crippen MR) is 134 cm³/mol. The van der Waals surface area contributed by atoms with Gasteiger partial charge in [0.25, 0.3) is 0 Å². The van der Waals surface area contributed by atoms with E-state index in [1.807, 2.05) is 0 Å². The molecule has 0 bridgehead atoms. The van der Waals surface area contributed by atoms with Gasteiger partial charge in [-0.25, -0.2) is 9.98 Å². The van der Waals surface area contributed by atoms with Crippen molar-refractivity contribution in [2.45, 2.75) is 5.66 Å². The second-order valence-electron chi connectivity index (χ2n) is 7.70. The second kappa shape index (κ2) is 7.11. The minimum absolute atomic E-state index is 0.752. The fourth-order valence-electron chi connectivity index (χ4n) is 4.50. The van der Waals surface area contributed by atoms with Crippen LogP contribution in [0.1, 0.15) is 22.3 Å². The standard InChI is InChI=1S/C27H16Br2N2/c28-19-13-9-17(10-14-19)25-26(18-11-15-20(29)16-12-18)31-27(30-25)23-7-3-1-5-21(23)22-6-2-4-8-24(22)27/h1-16H. The molecule has 0 fully saturated rings. The Morgan fingerprint density at radius 2 is 0.871 bits per heavy atom. The van der Waals surface area contributed by atoms with E-state index >= 15 is 0 Å². The van der Waals surface area contributed by atoms with Crippen LogP contribution in [0.5, 0.6) is 0 Å². The zero-order valence-corrected chi connectivity index (χ0v) is 19.6. The van der Waals surface area contributed by atoms with Crippen molar-refractivity contribution in [2.75, 3.05) is 0 Å². The Balaban J connectivity index is 1.66. The zero-order valence-electron chi connectivity index (χ0n) is 16.4. The van der Waals surface area contributed by atoms with E-state index in [0.717, 1.165) is 42.6 Å². The highest BCUT2D eigenvalue weighted by Crippen LogP contribution is 2.52. The van der Waals surface area contributed by atoms with Gasteiger partial charge in [-0.15, -0.1) is 0 Å². The summed E-state index contributed by atoms with van der Waals surface area (Å²) in [5.74, 6) is 0. The van der Waals surface area contributed by atoms with Crippen LogP contribution in [0, 0.1) is 0 Å². The summed E-state index contributed by atoms with van der Waals surface area (Å²) >= 11 is 7.10. The molecule has 2 nitrogen and oxygen atoms in total. The molecule has 1 aliphatic heterocycles. The Morgan fingerprint density at radius 1 is 0.484 bits per heavy atom. The number of fused-ring (bicyclic) bond motifs is 5. The highest BCUT2D eigenvalue weighted by molar-refractivity contribution is 9.10. The van der Waals surface area contributed by atoms with E-state index < -0.39 is 5.66 Å². The van der Waals surface area contributed by atoms with Crippen LogP contribution in [0.15, 0.2) is 116 Å². The molecular formula is C27H16Br2N2. The molecule has 1 aliphatic carbocycles. The van der Waals surface area contributed by atoms with Crippen LogP contribution in [0.4, 0.5) is 0 Å². The molecule has 31 heavy (non-hydrogen) atoms. The molecule has 0 atom stereocenters. The third-order valence-corrected chi connectivity index (χ3v) is 6.96. The topological polar surface area (TPSA) is 24.7 Å². The van der Waals surface area contributed by atoms with Crippen molar-refractivity contribution >= 4 is 43.3 Å². The summed E-state index contributed by atoms with van der Waals surface area (Å²) in [5, 5.41) is 0. The molecule has 4 aromatic rings. The highest BCUT2D eigenvalue weighted by Gasteiger charge is 2.47. The number of benzene rings is 4. The molecule has 0 amide bonds. The lowest BCUT2D eigenvalue weighted by Crippen LogP contribution is -2.17. The predicted octanol–water partition coefficient (Wildman–Crippen LogP) is 7.39. The monoisotopic (exact) mass is 526 g/mol. The van der Waals surface area contributed by atoms with Crippen molar-refractivity contribution in [3.8, 4) is 11.1 Å². The molecule has 0 unspecified atom stereocenters. The summed E-state index contributed by atoms with van der Waals surface area (Å²) in [4.78, 5) is 10.7. The van der Waals surface area contributed by atoms with E-state index in [1.165, 1.54) is 11.1 Å². The molecule has 1 heterocycles. The Labute approximate surface area is 197 Å². The van der Waals surface area contributed by atoms with Crippen LogP contribution in [-0.2, 0) is 5.66 Å². The number of hydrogen-bond acceptors (Lipinski definition) is 2. The number of aliphatic imine (C=N–C) groups is 2. The largest absolute Gasteiger partial charge is 0.243 e. The van der Waals surface area contributed by atoms with Gasteiger partial charge in [-0.2, -0.15) is 0 Å². The first-order chi connectivity index (χ1) is 15.2. The average Bonchev–Trinajstić information content (AvgIpc) is 3.33. The van der Waals surface area contributed by atoms with Crippen molar-refractivity contribution in [3.05, 3.63) is 128 Å². The van der Waals surface area contributed by atoms with Crippen molar-refractivity contribution in [1.82, 2.24) is 0 Å². The molecule has 0 saturated heterocycles. The lowest BCUT2D eigenvalue weighted by Gasteiger charge is -2.20. The molecule has 1 spiro atoms. The maximum absolute atomic E-state index is 5.37. The molecule has 148 valence electrons. The van der Waals surface area contributed by atoms with Gasteiger partial charge in [-0.05, 0) is 35.4 Å². The van der Waals surface area contributed by atoms with Gasteiger partial charge in [0.05, 0.1) is 11.4 Å². The minimum atomic E-state index is -0.752. The van der Waals surface area contributed by atoms with Crippen LogP contribution in [0.3, 0.4) is 0 Å². The normalized spacial score (nSPS) is 15.4. The zero-order chi connectivity index (χ0) is 21.0. The van der Waals surface area contributed by atoms with Crippen molar-refractivity contribution in [2.24, 2.45) is 9.98 Å². The van der Waals surface area contributed by atoms with Gasteiger partial charge in [-0.1, -0.05) is 105 Å². The van der Waals surface area contributed by atoms with E-state index in [4.69, 9.17) is 9.98 Å². The van der Waals surface area contributed by atoms with Gasteiger partial charge in [0.2, 0.25) is 5.66 Å². The first-order valence-corrected chi connectivity index (χ1v) is 11.7. The number of halogens is 2. The first kappa shape index (κ1) is 18.9. The van der Waals surface area contributed by atoms with Gasteiger partial charge in [-0.3, -0.25) is 0 Å². The summed E-state index contributed by atoms with van der Waals surface area (Å²) in [6.07, 6.45) is 0. The molecule has 2 aliphatic rings. The van der Waals surface area contributed by atoms with Crippen molar-refractivity contribution in [3.63, 3.8) is 0 Å². The maximum Gasteiger partial charge on any atom is 0.204 e. The lowest BCUT2D eigenvalue weighted by atomic mass is 9.99. The molecule has 0 radical (unpaired) electrons. The Kier molecular flexibility index (Phi) is 4.34. The third kappa shape index (κ3) is 2.89. The van der Waals surface area contributed by atoms with Gasteiger partial charge >= 0.3 is 0 Å². The van der Waals surface area contributed by atoms with Gasteiger partial charge < -0.3 is 0 Å². The Hall–Kier alpha value is -2.82. The van der Waals surface area contributed by atoms with Crippen LogP contribution < -0.4 is 0 Å². The van der Waals surface area contributed by atoms with Crippen molar-refractivity contribution < 1.29 is 0 Å². The van der Waals surface area contributed by atoms with E-state index in [0.29, 0.717) is 0 Å². The first-order valence-electron chi connectivity index (χ1n) is 10.1. The molecule has 0 N–H and O–H groups in total. The average molecular weight is 528 g/mol. The molecule has 6 rings (SSSR count). The smallest absolute Gasteiger partial charge is 0.204 e. The molecule has 4 heteroatoms. The number of hydrogen-bond donors (Lipinski definition) is 0. The number of rotatable bonds is 2. The third-order valence-electron chi connectivity index (χ3n) is 5.90. The molecule has 0 saturated carbocycles. The van der Waals surface area contributed by atoms with E-state index in [9.17, 15) is 0 Å². The van der Waals surface area contributed by atoms with E-state index in [1.54, 1.807) is 0 Å². The summed E-state index contributed by atoms with van der Waals surface area (Å²) in [5.41, 5.74) is 7.89. The summed E-state index contributed by atoms with van der Waals surface area (Å²) in [6, 6.07) is 33.6. The summed E-state index contributed by atoms with van der Waals surface area (Å²) < 4.78 is 2.09. The molecular weight excluding hydrogens is 512 g/mol. The second-order valence-corrected chi connectivity index (χ2v) is 9.53. The Morgan fingerprint density at radius 3 is 1.29 bits per heavy atom. The van der Waals surface area contributed by atoms with Gasteiger partial charge in [0, 0.05) is 31.2 Å². The lowest BCUT2D eigenvalue weighted by molar-refractivity contribution is 0.606. The Bertz CT molecular complexity index is 1270. The summed E-state index contributed by atoms with van der Waals surface area (Å²) in [7, 11) is 0. The molecule has 0 aromatic heterocycles. The maximum atomic E-state index is 5.37. The van der Waals surface area contributed by atoms with Crippen LogP contribution in [0.2, 0.25) is 0 Å². The van der Waals surface area contributed by atoms with Gasteiger partial charge in [0.15, 0.2) is 0 Å².